The van der Waals surface area contributed by atoms with Crippen LogP contribution in [0.2, 0.25) is 20.1 Å². The Bertz CT molecular complexity index is 1190. The lowest BCUT2D eigenvalue weighted by molar-refractivity contribution is -0.139. The van der Waals surface area contributed by atoms with E-state index in [4.69, 9.17) is 46.4 Å². The third kappa shape index (κ3) is 8.15. The summed E-state index contributed by atoms with van der Waals surface area (Å²) < 4.78 is 26.1. The number of sulfonamides is 1. The fraction of sp³-hybridized carbons (Fsp3) is 0.391. The highest BCUT2D eigenvalue weighted by Gasteiger charge is 2.31. The van der Waals surface area contributed by atoms with Crippen molar-refractivity contribution in [2.24, 2.45) is 0 Å². The molecule has 0 saturated heterocycles. The summed E-state index contributed by atoms with van der Waals surface area (Å²) in [4.78, 5) is 27.7. The van der Waals surface area contributed by atoms with Crippen molar-refractivity contribution in [3.05, 3.63) is 62.1 Å². The number of benzene rings is 2. The van der Waals surface area contributed by atoms with Crippen LogP contribution < -0.4 is 9.62 Å². The summed E-state index contributed by atoms with van der Waals surface area (Å²) in [5, 5.41) is 3.92. The van der Waals surface area contributed by atoms with E-state index in [1.165, 1.54) is 29.2 Å². The van der Waals surface area contributed by atoms with Crippen LogP contribution in [0.25, 0.3) is 0 Å². The molecule has 2 rings (SSSR count). The van der Waals surface area contributed by atoms with Crippen molar-refractivity contribution < 1.29 is 18.0 Å². The molecule has 192 valence electrons. The number of carbonyl (C=O) groups is 2. The van der Waals surface area contributed by atoms with E-state index in [0.29, 0.717) is 22.0 Å². The summed E-state index contributed by atoms with van der Waals surface area (Å²) in [6.07, 6.45) is 1.65. The smallest absolute Gasteiger partial charge is 0.244 e. The molecule has 0 bridgehead atoms. The Kier molecular flexibility index (Phi) is 10.5. The lowest BCUT2D eigenvalue weighted by Gasteiger charge is -2.32. The van der Waals surface area contributed by atoms with E-state index in [1.807, 2.05) is 13.8 Å². The maximum Gasteiger partial charge on any atom is 0.244 e. The molecule has 0 aliphatic rings. The van der Waals surface area contributed by atoms with Gasteiger partial charge in [-0.3, -0.25) is 13.9 Å². The van der Waals surface area contributed by atoms with Crippen molar-refractivity contribution in [3.63, 3.8) is 0 Å². The van der Waals surface area contributed by atoms with Crippen LogP contribution in [-0.4, -0.2) is 50.0 Å². The van der Waals surface area contributed by atoms with Gasteiger partial charge in [0.2, 0.25) is 21.8 Å². The van der Waals surface area contributed by atoms with Crippen LogP contribution in [0.5, 0.6) is 0 Å². The average Bonchev–Trinajstić information content (AvgIpc) is 2.77. The minimum absolute atomic E-state index is 0.0508. The van der Waals surface area contributed by atoms with E-state index in [0.717, 1.165) is 10.6 Å². The molecule has 35 heavy (non-hydrogen) atoms. The van der Waals surface area contributed by atoms with Crippen LogP contribution in [0.3, 0.4) is 0 Å². The molecule has 1 N–H and O–H groups in total. The number of rotatable bonds is 10. The van der Waals surface area contributed by atoms with Gasteiger partial charge >= 0.3 is 0 Å². The molecule has 12 heteroatoms. The van der Waals surface area contributed by atoms with Gasteiger partial charge in [0, 0.05) is 27.7 Å². The minimum atomic E-state index is -3.94. The van der Waals surface area contributed by atoms with Crippen molar-refractivity contribution in [1.82, 2.24) is 10.2 Å². The van der Waals surface area contributed by atoms with E-state index in [9.17, 15) is 18.0 Å². The van der Waals surface area contributed by atoms with Crippen molar-refractivity contribution in [2.45, 2.75) is 45.8 Å². The molecule has 0 radical (unpaired) electrons. The Morgan fingerprint density at radius 3 is 2.14 bits per heavy atom. The first kappa shape index (κ1) is 29.5. The van der Waals surface area contributed by atoms with Gasteiger partial charge in [-0.1, -0.05) is 59.4 Å². The fourth-order valence-electron chi connectivity index (χ4n) is 3.15. The molecular formula is C23H27Cl4N3O4S. The standard InChI is InChI=1S/C23H27Cl4N3O4S/c1-5-14(2)28-23(32)15(3)29(12-16-6-7-17(24)10-20(16)27)22(31)13-30(35(4,33)34)21-11-18(25)8-9-19(21)26/h6-11,14-15H,5,12-13H2,1-4H3,(H,28,32). The second kappa shape index (κ2) is 12.5. The first-order valence-corrected chi connectivity index (χ1v) is 14.1. The summed E-state index contributed by atoms with van der Waals surface area (Å²) >= 11 is 24.6. The number of amides is 2. The highest BCUT2D eigenvalue weighted by Crippen LogP contribution is 2.31. The highest BCUT2D eigenvalue weighted by atomic mass is 35.5. The molecule has 2 amide bonds. The van der Waals surface area contributed by atoms with Crippen LogP contribution >= 0.6 is 46.4 Å². The van der Waals surface area contributed by atoms with Crippen molar-refractivity contribution in [2.75, 3.05) is 17.1 Å². The van der Waals surface area contributed by atoms with Gasteiger partial charge in [-0.15, -0.1) is 0 Å². The third-order valence-corrected chi connectivity index (χ3v) is 7.65. The predicted molar refractivity (Wildman–Crippen MR) is 143 cm³/mol. The SMILES string of the molecule is CCC(C)NC(=O)C(C)N(Cc1ccc(Cl)cc1Cl)C(=O)CN(c1cc(Cl)ccc1Cl)S(C)(=O)=O. The molecule has 2 atom stereocenters. The predicted octanol–water partition coefficient (Wildman–Crippen LogP) is 5.40. The van der Waals surface area contributed by atoms with Gasteiger partial charge in [-0.25, -0.2) is 8.42 Å². The van der Waals surface area contributed by atoms with Gasteiger partial charge in [-0.05, 0) is 56.2 Å². The lowest BCUT2D eigenvalue weighted by Crippen LogP contribution is -2.52. The molecule has 2 aromatic rings. The molecule has 0 fully saturated rings. The van der Waals surface area contributed by atoms with Gasteiger partial charge < -0.3 is 10.2 Å². The Hall–Kier alpha value is -1.71. The van der Waals surface area contributed by atoms with Gasteiger partial charge in [0.15, 0.2) is 0 Å². The van der Waals surface area contributed by atoms with Crippen molar-refractivity contribution in [1.29, 1.82) is 0 Å². The lowest BCUT2D eigenvalue weighted by atomic mass is 10.1. The molecule has 0 heterocycles. The van der Waals surface area contributed by atoms with Crippen LogP contribution in [-0.2, 0) is 26.2 Å². The van der Waals surface area contributed by atoms with E-state index in [-0.39, 0.29) is 34.2 Å². The van der Waals surface area contributed by atoms with E-state index in [2.05, 4.69) is 5.32 Å². The number of hydrogen-bond donors (Lipinski definition) is 1. The topological polar surface area (TPSA) is 86.8 Å². The van der Waals surface area contributed by atoms with Crippen LogP contribution in [0.4, 0.5) is 5.69 Å². The summed E-state index contributed by atoms with van der Waals surface area (Å²) in [6, 6.07) is 8.05. The number of carbonyl (C=O) groups excluding carboxylic acids is 2. The molecule has 7 nitrogen and oxygen atoms in total. The monoisotopic (exact) mass is 581 g/mol. The first-order valence-electron chi connectivity index (χ1n) is 10.7. The molecule has 2 unspecified atom stereocenters. The Balaban J connectivity index is 2.47. The highest BCUT2D eigenvalue weighted by molar-refractivity contribution is 7.92. The quantitative estimate of drug-likeness (QED) is 0.406. The summed E-state index contributed by atoms with van der Waals surface area (Å²) in [6.45, 7) is 4.68. The van der Waals surface area contributed by atoms with E-state index >= 15 is 0 Å². The third-order valence-electron chi connectivity index (χ3n) is 5.38. The number of nitrogens with zero attached hydrogens (tertiary/aromatic N) is 2. The molecule has 0 aliphatic carbocycles. The van der Waals surface area contributed by atoms with Gasteiger partial charge in [0.05, 0.1) is 17.0 Å². The zero-order chi connectivity index (χ0) is 26.5. The number of halogens is 4. The van der Waals surface area contributed by atoms with Crippen LogP contribution in [0, 0.1) is 0 Å². The normalized spacial score (nSPS) is 13.1. The van der Waals surface area contributed by atoms with Crippen LogP contribution in [0.1, 0.15) is 32.8 Å². The molecule has 0 aromatic heterocycles. The van der Waals surface area contributed by atoms with Gasteiger partial charge in [0.25, 0.3) is 0 Å². The minimum Gasteiger partial charge on any atom is -0.352 e. The number of anilines is 1. The molecule has 2 aromatic carbocycles. The maximum absolute atomic E-state index is 13.5. The first-order chi connectivity index (χ1) is 16.2. The zero-order valence-corrected chi connectivity index (χ0v) is 23.5. The second-order valence-corrected chi connectivity index (χ2v) is 11.7. The Labute approximate surface area is 226 Å². The van der Waals surface area contributed by atoms with E-state index < -0.39 is 28.5 Å². The van der Waals surface area contributed by atoms with Gasteiger partial charge in [-0.2, -0.15) is 0 Å². The summed E-state index contributed by atoms with van der Waals surface area (Å²) in [7, 11) is -3.94. The van der Waals surface area contributed by atoms with Crippen LogP contribution in [0.15, 0.2) is 36.4 Å². The summed E-state index contributed by atoms with van der Waals surface area (Å²) in [5.41, 5.74) is 0.593. The second-order valence-electron chi connectivity index (χ2n) is 8.12. The number of nitrogens with one attached hydrogen (secondary N) is 1. The van der Waals surface area contributed by atoms with E-state index in [1.54, 1.807) is 19.1 Å². The maximum atomic E-state index is 13.5. The van der Waals surface area contributed by atoms with Crippen molar-refractivity contribution >= 4 is 73.9 Å². The average molecular weight is 583 g/mol. The zero-order valence-electron chi connectivity index (χ0n) is 19.7. The summed E-state index contributed by atoms with van der Waals surface area (Å²) in [5.74, 6) is -1.02. The Morgan fingerprint density at radius 2 is 1.57 bits per heavy atom. The fourth-order valence-corrected chi connectivity index (χ4v) is 4.91. The molecular weight excluding hydrogens is 556 g/mol. The largest absolute Gasteiger partial charge is 0.352 e. The molecule has 0 spiro atoms. The molecule has 0 saturated carbocycles. The Morgan fingerprint density at radius 1 is 0.971 bits per heavy atom. The molecule has 0 aliphatic heterocycles. The van der Waals surface area contributed by atoms with Crippen molar-refractivity contribution in [3.8, 4) is 0 Å². The van der Waals surface area contributed by atoms with Gasteiger partial charge in [0.1, 0.15) is 12.6 Å². The number of hydrogen-bond acceptors (Lipinski definition) is 4.